The maximum atomic E-state index is 3.88. The van der Waals surface area contributed by atoms with Crippen LogP contribution in [0.15, 0.2) is 30.3 Å². The Kier molecular flexibility index (Phi) is 2.47. The number of benzene rings is 1. The van der Waals surface area contributed by atoms with Gasteiger partial charge in [0.15, 0.2) is 0 Å². The van der Waals surface area contributed by atoms with Crippen molar-refractivity contribution in [3.05, 3.63) is 35.9 Å². The molecule has 0 amide bonds. The van der Waals surface area contributed by atoms with Crippen molar-refractivity contribution < 1.29 is 0 Å². The van der Waals surface area contributed by atoms with Gasteiger partial charge in [-0.3, -0.25) is 14.8 Å². The molecule has 0 N–H and O–H groups in total. The summed E-state index contributed by atoms with van der Waals surface area (Å²) >= 11 is 0. The number of rotatable bonds is 3. The summed E-state index contributed by atoms with van der Waals surface area (Å²) in [6.45, 7) is 0.828. The predicted octanol–water partition coefficient (Wildman–Crippen LogP) is 0.596. The van der Waals surface area contributed by atoms with Crippen LogP contribution in [0.5, 0.6) is 0 Å². The highest BCUT2D eigenvalue weighted by atomic mass is 15.6. The van der Waals surface area contributed by atoms with Crippen molar-refractivity contribution in [2.45, 2.75) is 6.54 Å². The first kappa shape index (κ1) is 9.79. The molecule has 2 rings (SSSR count). The number of hydrogen-bond acceptors (Lipinski definition) is 3. The summed E-state index contributed by atoms with van der Waals surface area (Å²) in [5, 5.41) is 14.8. The molecule has 0 aliphatic carbocycles. The first-order valence-corrected chi connectivity index (χ1v) is 4.75. The van der Waals surface area contributed by atoms with Gasteiger partial charge in [-0.15, -0.1) is 0 Å². The summed E-state index contributed by atoms with van der Waals surface area (Å²) in [4.78, 5) is 0. The van der Waals surface area contributed by atoms with E-state index in [2.05, 4.69) is 32.8 Å². The van der Waals surface area contributed by atoms with E-state index in [4.69, 9.17) is 0 Å². The van der Waals surface area contributed by atoms with Crippen molar-refractivity contribution in [3.63, 3.8) is 0 Å². The molecule has 5 heteroatoms. The Morgan fingerprint density at radius 3 is 2.53 bits per heavy atom. The Labute approximate surface area is 88.3 Å². The lowest BCUT2D eigenvalue weighted by molar-refractivity contribution is 0.370. The molecule has 0 spiro atoms. The third-order valence-corrected chi connectivity index (χ3v) is 2.27. The zero-order chi connectivity index (χ0) is 10.7. The van der Waals surface area contributed by atoms with Gasteiger partial charge < -0.3 is 0 Å². The average Bonchev–Trinajstić information content (AvgIpc) is 2.71. The van der Waals surface area contributed by atoms with Crippen LogP contribution >= 0.6 is 0 Å². The van der Waals surface area contributed by atoms with Crippen molar-refractivity contribution in [2.75, 3.05) is 14.1 Å². The fourth-order valence-electron chi connectivity index (χ4n) is 1.49. The van der Waals surface area contributed by atoms with E-state index in [1.807, 2.05) is 32.3 Å². The summed E-state index contributed by atoms with van der Waals surface area (Å²) in [5.74, 6) is 0.638. The Balaban J connectivity index is 2.18. The molecule has 0 saturated heterocycles. The minimum Gasteiger partial charge on any atom is -0.285 e. The van der Waals surface area contributed by atoms with Gasteiger partial charge in [-0.1, -0.05) is 30.3 Å². The third kappa shape index (κ3) is 2.19. The molecule has 15 heavy (non-hydrogen) atoms. The van der Waals surface area contributed by atoms with E-state index in [9.17, 15) is 0 Å². The normalized spacial score (nSPS) is 11.6. The van der Waals surface area contributed by atoms with Crippen LogP contribution in [-0.4, -0.2) is 29.6 Å². The van der Waals surface area contributed by atoms with Crippen molar-refractivity contribution in [1.29, 1.82) is 0 Å². The SMILES string of the molecule is C[N+](C)(Cc1ccccc1)c1nnn[n-]1. The second kappa shape index (κ2) is 3.78. The van der Waals surface area contributed by atoms with Gasteiger partial charge in [0.05, 0.1) is 14.1 Å². The second-order valence-electron chi connectivity index (χ2n) is 4.01. The lowest BCUT2D eigenvalue weighted by Gasteiger charge is -2.28. The molecule has 5 nitrogen and oxygen atoms in total. The topological polar surface area (TPSA) is 52.8 Å². The first-order valence-electron chi connectivity index (χ1n) is 4.75. The van der Waals surface area contributed by atoms with Crippen molar-refractivity contribution in [2.24, 2.45) is 0 Å². The molecule has 1 heterocycles. The van der Waals surface area contributed by atoms with Crippen LogP contribution in [-0.2, 0) is 6.54 Å². The quantitative estimate of drug-likeness (QED) is 0.685. The van der Waals surface area contributed by atoms with Crippen molar-refractivity contribution in [3.8, 4) is 0 Å². The summed E-state index contributed by atoms with van der Waals surface area (Å²) in [7, 11) is 4.07. The molecule has 78 valence electrons. The predicted molar refractivity (Wildman–Crippen MR) is 56.9 cm³/mol. The van der Waals surface area contributed by atoms with Gasteiger partial charge in [0.2, 0.25) is 5.95 Å². The lowest BCUT2D eigenvalue weighted by Crippen LogP contribution is -2.40. The average molecular weight is 203 g/mol. The van der Waals surface area contributed by atoms with Gasteiger partial charge >= 0.3 is 0 Å². The largest absolute Gasteiger partial charge is 0.285 e. The molecule has 0 saturated carbocycles. The fraction of sp³-hybridized carbons (Fsp3) is 0.300. The Morgan fingerprint density at radius 1 is 1.20 bits per heavy atom. The zero-order valence-electron chi connectivity index (χ0n) is 8.83. The van der Waals surface area contributed by atoms with Gasteiger partial charge in [0.1, 0.15) is 6.54 Å². The van der Waals surface area contributed by atoms with Crippen molar-refractivity contribution in [1.82, 2.24) is 25.1 Å². The Hall–Kier alpha value is -1.75. The summed E-state index contributed by atoms with van der Waals surface area (Å²) in [6, 6.07) is 10.2. The van der Waals surface area contributed by atoms with Gasteiger partial charge in [-0.05, 0) is 0 Å². The second-order valence-corrected chi connectivity index (χ2v) is 4.01. The van der Waals surface area contributed by atoms with E-state index in [1.165, 1.54) is 5.56 Å². The molecule has 1 aromatic heterocycles. The monoisotopic (exact) mass is 203 g/mol. The van der Waals surface area contributed by atoms with Crippen LogP contribution < -0.4 is 9.58 Å². The molecule has 0 unspecified atom stereocenters. The Bertz CT molecular complexity index is 407. The minimum absolute atomic E-state index is 0.553. The molecular weight excluding hydrogens is 190 g/mol. The standard InChI is InChI=1S/C10H13N5/c1-15(2,10-11-13-14-12-10)8-9-6-4-3-5-7-9/h3-7H,8H2,1-2H3. The fourth-order valence-corrected chi connectivity index (χ4v) is 1.49. The maximum Gasteiger partial charge on any atom is 0.207 e. The molecule has 2 aromatic rings. The van der Waals surface area contributed by atoms with E-state index >= 15 is 0 Å². The molecule has 0 radical (unpaired) electrons. The number of aromatic nitrogens is 4. The van der Waals surface area contributed by atoms with Crippen LogP contribution in [0.3, 0.4) is 0 Å². The van der Waals surface area contributed by atoms with E-state index < -0.39 is 0 Å². The first-order chi connectivity index (χ1) is 7.18. The lowest BCUT2D eigenvalue weighted by atomic mass is 10.2. The molecular formula is C10H13N5. The Morgan fingerprint density at radius 2 is 1.93 bits per heavy atom. The summed E-state index contributed by atoms with van der Waals surface area (Å²) in [5.41, 5.74) is 1.24. The number of hydrogen-bond donors (Lipinski definition) is 0. The van der Waals surface area contributed by atoms with Gasteiger partial charge in [0, 0.05) is 5.56 Å². The highest BCUT2D eigenvalue weighted by Gasteiger charge is 2.18. The molecule has 0 aliphatic rings. The van der Waals surface area contributed by atoms with Gasteiger partial charge in [-0.25, -0.2) is 5.10 Å². The highest BCUT2D eigenvalue weighted by Crippen LogP contribution is 2.14. The smallest absolute Gasteiger partial charge is 0.207 e. The third-order valence-electron chi connectivity index (χ3n) is 2.27. The number of quaternary nitrogens is 1. The van der Waals surface area contributed by atoms with Crippen LogP contribution in [0.25, 0.3) is 0 Å². The molecule has 1 aromatic carbocycles. The highest BCUT2D eigenvalue weighted by molar-refractivity contribution is 5.23. The zero-order valence-corrected chi connectivity index (χ0v) is 8.83. The number of tetrazole rings is 1. The molecule has 0 fully saturated rings. The van der Waals surface area contributed by atoms with Crippen molar-refractivity contribution >= 4 is 5.95 Å². The van der Waals surface area contributed by atoms with Gasteiger partial charge in [0.25, 0.3) is 0 Å². The van der Waals surface area contributed by atoms with Crippen LogP contribution in [0.2, 0.25) is 0 Å². The molecule has 0 atom stereocenters. The summed E-state index contributed by atoms with van der Waals surface area (Å²) < 4.78 is 0.553. The summed E-state index contributed by atoms with van der Waals surface area (Å²) in [6.07, 6.45) is 0. The maximum absolute atomic E-state index is 3.88. The van der Waals surface area contributed by atoms with E-state index in [-0.39, 0.29) is 0 Å². The molecule has 0 aliphatic heterocycles. The van der Waals surface area contributed by atoms with E-state index in [0.717, 1.165) is 6.54 Å². The van der Waals surface area contributed by atoms with E-state index in [0.29, 0.717) is 10.4 Å². The van der Waals surface area contributed by atoms with Crippen LogP contribution in [0.1, 0.15) is 5.56 Å². The van der Waals surface area contributed by atoms with E-state index in [1.54, 1.807) is 0 Å². The van der Waals surface area contributed by atoms with Crippen LogP contribution in [0, 0.1) is 0 Å². The van der Waals surface area contributed by atoms with Crippen LogP contribution in [0.4, 0.5) is 5.95 Å². The number of nitrogens with zero attached hydrogens (tertiary/aromatic N) is 5. The minimum atomic E-state index is 0.553. The molecule has 0 bridgehead atoms. The van der Waals surface area contributed by atoms with Gasteiger partial charge in [-0.2, -0.15) is 5.21 Å².